The maximum absolute atomic E-state index is 11.6. The van der Waals surface area contributed by atoms with Gasteiger partial charge in [0.05, 0.1) is 6.54 Å². The highest BCUT2D eigenvalue weighted by Crippen LogP contribution is 2.14. The number of nitrogens with zero attached hydrogens (tertiary/aromatic N) is 3. The van der Waals surface area contributed by atoms with Crippen molar-refractivity contribution in [2.24, 2.45) is 4.99 Å². The van der Waals surface area contributed by atoms with Crippen molar-refractivity contribution in [1.82, 2.24) is 15.1 Å². The summed E-state index contributed by atoms with van der Waals surface area (Å²) < 4.78 is 5.56. The van der Waals surface area contributed by atoms with Crippen LogP contribution >= 0.6 is 24.0 Å². The summed E-state index contributed by atoms with van der Waals surface area (Å²) in [5.41, 5.74) is 1.05. The zero-order valence-electron chi connectivity index (χ0n) is 16.6. The van der Waals surface area contributed by atoms with Gasteiger partial charge in [-0.15, -0.1) is 24.0 Å². The van der Waals surface area contributed by atoms with Gasteiger partial charge < -0.3 is 19.9 Å². The average Bonchev–Trinajstić information content (AvgIpc) is 2.61. The van der Waals surface area contributed by atoms with Crippen LogP contribution in [0.15, 0.2) is 29.3 Å². The molecule has 0 aliphatic carbocycles. The van der Waals surface area contributed by atoms with Crippen molar-refractivity contribution in [3.8, 4) is 5.75 Å². The second kappa shape index (κ2) is 13.7. The number of guanidine groups is 1. The van der Waals surface area contributed by atoms with Gasteiger partial charge in [0.25, 0.3) is 5.91 Å². The van der Waals surface area contributed by atoms with E-state index in [0.717, 1.165) is 37.5 Å². The van der Waals surface area contributed by atoms with Crippen molar-refractivity contribution < 1.29 is 9.53 Å². The average molecular weight is 476 g/mol. The summed E-state index contributed by atoms with van der Waals surface area (Å²) >= 11 is 0. The first kappa shape index (κ1) is 24.5. The normalized spacial score (nSPS) is 10.7. The molecule has 0 fully saturated rings. The standard InChI is InChI=1S/C19H32N4O2.HI/c1-6-8-12-23(5)19(20-7-2)21-14-16-10-9-11-17(13-16)25-15-18(24)22(3)4;/h9-11,13H,6-8,12,14-15H2,1-5H3,(H,20,21);1H. The van der Waals surface area contributed by atoms with Gasteiger partial charge in [0, 0.05) is 34.2 Å². The Balaban J connectivity index is 0.00000625. The van der Waals surface area contributed by atoms with Crippen LogP contribution in [0.5, 0.6) is 5.75 Å². The molecule has 0 saturated carbocycles. The molecule has 1 amide bonds. The van der Waals surface area contributed by atoms with Crippen molar-refractivity contribution in [1.29, 1.82) is 0 Å². The highest BCUT2D eigenvalue weighted by molar-refractivity contribution is 14.0. The molecule has 0 aliphatic heterocycles. The number of aliphatic imine (C=N–C) groups is 1. The molecule has 0 aliphatic rings. The third-order valence-corrected chi connectivity index (χ3v) is 3.71. The Kier molecular flexibility index (Phi) is 12.9. The highest BCUT2D eigenvalue weighted by atomic mass is 127. The number of amides is 1. The van der Waals surface area contributed by atoms with E-state index in [4.69, 9.17) is 9.73 Å². The summed E-state index contributed by atoms with van der Waals surface area (Å²) in [6, 6.07) is 7.73. The molecular formula is C19H33IN4O2. The van der Waals surface area contributed by atoms with Gasteiger partial charge in [-0.25, -0.2) is 4.99 Å². The van der Waals surface area contributed by atoms with E-state index < -0.39 is 0 Å². The van der Waals surface area contributed by atoms with Gasteiger partial charge in [-0.3, -0.25) is 4.79 Å². The Morgan fingerprint density at radius 2 is 1.96 bits per heavy atom. The molecule has 1 N–H and O–H groups in total. The topological polar surface area (TPSA) is 57.2 Å². The second-order valence-corrected chi connectivity index (χ2v) is 6.17. The minimum absolute atomic E-state index is 0. The fourth-order valence-electron chi connectivity index (χ4n) is 2.14. The Morgan fingerprint density at radius 1 is 1.23 bits per heavy atom. The third-order valence-electron chi connectivity index (χ3n) is 3.71. The lowest BCUT2D eigenvalue weighted by Crippen LogP contribution is -2.39. The highest BCUT2D eigenvalue weighted by Gasteiger charge is 2.07. The van der Waals surface area contributed by atoms with Crippen LogP contribution in [0.3, 0.4) is 0 Å². The van der Waals surface area contributed by atoms with E-state index in [9.17, 15) is 4.79 Å². The summed E-state index contributed by atoms with van der Waals surface area (Å²) in [6.07, 6.45) is 2.30. The van der Waals surface area contributed by atoms with Gasteiger partial charge in [-0.05, 0) is 31.0 Å². The van der Waals surface area contributed by atoms with E-state index in [-0.39, 0.29) is 36.5 Å². The molecule has 0 aromatic heterocycles. The molecule has 148 valence electrons. The summed E-state index contributed by atoms with van der Waals surface area (Å²) in [4.78, 5) is 20.0. The molecular weight excluding hydrogens is 443 g/mol. The first-order valence-electron chi connectivity index (χ1n) is 8.89. The van der Waals surface area contributed by atoms with Crippen molar-refractivity contribution in [2.45, 2.75) is 33.2 Å². The van der Waals surface area contributed by atoms with Crippen LogP contribution in [0.4, 0.5) is 0 Å². The van der Waals surface area contributed by atoms with Crippen LogP contribution in [-0.4, -0.2) is 62.5 Å². The number of unbranched alkanes of at least 4 members (excludes halogenated alkanes) is 1. The number of hydrogen-bond donors (Lipinski definition) is 1. The summed E-state index contributed by atoms with van der Waals surface area (Å²) in [6.45, 7) is 6.69. The SMILES string of the molecule is CCCCN(C)C(=NCc1cccc(OCC(=O)N(C)C)c1)NCC.I. The number of nitrogens with one attached hydrogen (secondary N) is 1. The van der Waals surface area contributed by atoms with E-state index in [1.165, 1.54) is 4.90 Å². The zero-order chi connectivity index (χ0) is 18.7. The van der Waals surface area contributed by atoms with Gasteiger partial charge in [0.1, 0.15) is 5.75 Å². The lowest BCUT2D eigenvalue weighted by atomic mass is 10.2. The molecule has 7 heteroatoms. The summed E-state index contributed by atoms with van der Waals surface area (Å²) in [7, 11) is 5.49. The Morgan fingerprint density at radius 3 is 2.58 bits per heavy atom. The smallest absolute Gasteiger partial charge is 0.259 e. The van der Waals surface area contributed by atoms with Gasteiger partial charge in [0.2, 0.25) is 0 Å². The minimum Gasteiger partial charge on any atom is -0.484 e. The van der Waals surface area contributed by atoms with Crippen molar-refractivity contribution in [3.05, 3.63) is 29.8 Å². The van der Waals surface area contributed by atoms with Crippen LogP contribution in [-0.2, 0) is 11.3 Å². The van der Waals surface area contributed by atoms with E-state index in [1.807, 2.05) is 24.3 Å². The number of ether oxygens (including phenoxy) is 1. The number of rotatable bonds is 9. The third kappa shape index (κ3) is 9.26. The number of carbonyl (C=O) groups is 1. The first-order valence-corrected chi connectivity index (χ1v) is 8.89. The van der Waals surface area contributed by atoms with E-state index in [2.05, 4.69) is 31.1 Å². The number of carbonyl (C=O) groups excluding carboxylic acids is 1. The van der Waals surface area contributed by atoms with Crippen LogP contribution in [0.25, 0.3) is 0 Å². The predicted molar refractivity (Wildman–Crippen MR) is 118 cm³/mol. The molecule has 1 aromatic rings. The minimum atomic E-state index is -0.0598. The number of likely N-dealkylation sites (N-methyl/N-ethyl adjacent to an activating group) is 1. The second-order valence-electron chi connectivity index (χ2n) is 6.17. The number of benzene rings is 1. The fourth-order valence-corrected chi connectivity index (χ4v) is 2.14. The largest absolute Gasteiger partial charge is 0.484 e. The number of halogens is 1. The van der Waals surface area contributed by atoms with Gasteiger partial charge >= 0.3 is 0 Å². The van der Waals surface area contributed by atoms with Crippen molar-refractivity contribution in [2.75, 3.05) is 40.8 Å². The lowest BCUT2D eigenvalue weighted by molar-refractivity contribution is -0.130. The molecule has 1 aromatic carbocycles. The Hall–Kier alpha value is -1.51. The van der Waals surface area contributed by atoms with E-state index in [1.54, 1.807) is 14.1 Å². The summed E-state index contributed by atoms with van der Waals surface area (Å²) in [5, 5.41) is 3.32. The van der Waals surface area contributed by atoms with Gasteiger partial charge in [0.15, 0.2) is 12.6 Å². The molecule has 0 bridgehead atoms. The molecule has 26 heavy (non-hydrogen) atoms. The lowest BCUT2D eigenvalue weighted by Gasteiger charge is -2.21. The maximum atomic E-state index is 11.6. The monoisotopic (exact) mass is 476 g/mol. The quantitative estimate of drug-likeness (QED) is 0.338. The molecule has 0 radical (unpaired) electrons. The molecule has 0 spiro atoms. The van der Waals surface area contributed by atoms with Crippen LogP contribution in [0.2, 0.25) is 0 Å². The Labute approximate surface area is 175 Å². The zero-order valence-corrected chi connectivity index (χ0v) is 18.9. The molecule has 1 rings (SSSR count). The summed E-state index contributed by atoms with van der Waals surface area (Å²) in [5.74, 6) is 1.53. The van der Waals surface area contributed by atoms with Crippen LogP contribution in [0.1, 0.15) is 32.3 Å². The van der Waals surface area contributed by atoms with Crippen LogP contribution in [0, 0.1) is 0 Å². The van der Waals surface area contributed by atoms with Crippen molar-refractivity contribution in [3.63, 3.8) is 0 Å². The van der Waals surface area contributed by atoms with Gasteiger partial charge in [-0.1, -0.05) is 25.5 Å². The number of hydrogen-bond acceptors (Lipinski definition) is 3. The van der Waals surface area contributed by atoms with Gasteiger partial charge in [-0.2, -0.15) is 0 Å². The molecule has 0 atom stereocenters. The first-order chi connectivity index (χ1) is 12.0. The molecule has 0 saturated heterocycles. The fraction of sp³-hybridized carbons (Fsp3) is 0.579. The van der Waals surface area contributed by atoms with Crippen LogP contribution < -0.4 is 10.1 Å². The van der Waals surface area contributed by atoms with Crippen molar-refractivity contribution >= 4 is 35.8 Å². The molecule has 0 heterocycles. The Bertz CT molecular complexity index is 564. The predicted octanol–water partition coefficient (Wildman–Crippen LogP) is 2.97. The van der Waals surface area contributed by atoms with E-state index >= 15 is 0 Å². The molecule has 0 unspecified atom stereocenters. The van der Waals surface area contributed by atoms with E-state index in [0.29, 0.717) is 12.3 Å². The molecule has 6 nitrogen and oxygen atoms in total. The maximum Gasteiger partial charge on any atom is 0.259 e.